The number of hydrogen-bond acceptors (Lipinski definition) is 6. The highest BCUT2D eigenvalue weighted by Gasteiger charge is 2.66. The second-order valence-corrected chi connectivity index (χ2v) is 9.12. The van der Waals surface area contributed by atoms with Gasteiger partial charge in [-0.1, -0.05) is 0 Å². The molecule has 3 fully saturated rings. The van der Waals surface area contributed by atoms with E-state index in [0.717, 1.165) is 4.90 Å². The third-order valence-electron chi connectivity index (χ3n) is 6.31. The van der Waals surface area contributed by atoms with Crippen LogP contribution in [0.15, 0.2) is 24.3 Å². The van der Waals surface area contributed by atoms with Crippen LogP contribution >= 0.6 is 23.2 Å². The summed E-state index contributed by atoms with van der Waals surface area (Å²) < 4.78 is 4.93. The zero-order valence-corrected chi connectivity index (χ0v) is 18.1. The molecule has 4 rings (SSSR count). The smallest absolute Gasteiger partial charge is 0.326 e. The van der Waals surface area contributed by atoms with Crippen molar-refractivity contribution in [2.75, 3.05) is 18.5 Å². The number of amides is 3. The number of anilines is 1. The number of alkyl halides is 2. The zero-order chi connectivity index (χ0) is 22.4. The van der Waals surface area contributed by atoms with E-state index in [0.29, 0.717) is 17.7 Å². The molecule has 2 saturated carbocycles. The molecule has 0 unspecified atom stereocenters. The molecule has 1 aromatic carbocycles. The third-order valence-corrected chi connectivity index (χ3v) is 7.62. The number of halogens is 2. The van der Waals surface area contributed by atoms with E-state index in [9.17, 15) is 24.0 Å². The third kappa shape index (κ3) is 3.83. The molecule has 0 spiro atoms. The molecule has 8 nitrogen and oxygen atoms in total. The molecule has 1 aliphatic heterocycles. The first kappa shape index (κ1) is 21.8. The van der Waals surface area contributed by atoms with E-state index >= 15 is 0 Å². The van der Waals surface area contributed by atoms with Gasteiger partial charge in [-0.05, 0) is 49.4 Å². The molecule has 1 N–H and O–H groups in total. The Morgan fingerprint density at radius 3 is 2.10 bits per heavy atom. The lowest BCUT2D eigenvalue weighted by Crippen LogP contribution is -2.38. The Kier molecular flexibility index (Phi) is 5.79. The molecule has 0 radical (unpaired) electrons. The van der Waals surface area contributed by atoms with Crippen molar-refractivity contribution in [2.45, 2.75) is 24.1 Å². The number of rotatable bonds is 6. The van der Waals surface area contributed by atoms with Crippen LogP contribution in [0.5, 0.6) is 0 Å². The minimum atomic E-state index is -0.860. The van der Waals surface area contributed by atoms with Gasteiger partial charge in [-0.25, -0.2) is 0 Å². The maximum Gasteiger partial charge on any atom is 0.326 e. The van der Waals surface area contributed by atoms with Crippen LogP contribution < -0.4 is 5.32 Å². The number of likely N-dealkylation sites (tertiary alicyclic amines) is 1. The van der Waals surface area contributed by atoms with E-state index in [1.54, 1.807) is 24.3 Å². The highest BCUT2D eigenvalue weighted by Crippen LogP contribution is 2.59. The van der Waals surface area contributed by atoms with Gasteiger partial charge < -0.3 is 10.1 Å². The van der Waals surface area contributed by atoms with Crippen molar-refractivity contribution in [3.05, 3.63) is 29.8 Å². The SMILES string of the molecule is CC(=O)c1ccc(NC(=O)COC(=O)CN2C(=O)[C@@H]3[C@H]4C[C@@H]([C@H](Cl)[C@H]4Cl)[C@@H]3C2=O)cc1. The van der Waals surface area contributed by atoms with Crippen LogP contribution in [0, 0.1) is 23.7 Å². The van der Waals surface area contributed by atoms with E-state index in [1.165, 1.54) is 6.92 Å². The Bertz CT molecular complexity index is 933. The van der Waals surface area contributed by atoms with Crippen molar-refractivity contribution in [2.24, 2.45) is 23.7 Å². The predicted molar refractivity (Wildman–Crippen MR) is 111 cm³/mol. The molecular formula is C21H20Cl2N2O6. The summed E-state index contributed by atoms with van der Waals surface area (Å²) in [4.78, 5) is 61.8. The normalized spacial score (nSPS) is 31.0. The van der Waals surface area contributed by atoms with Gasteiger partial charge in [0, 0.05) is 11.3 Å². The molecule has 10 heteroatoms. The first-order chi connectivity index (χ1) is 14.7. The van der Waals surface area contributed by atoms with Gasteiger partial charge in [0.15, 0.2) is 12.4 Å². The van der Waals surface area contributed by atoms with Crippen LogP contribution in [0.25, 0.3) is 0 Å². The number of nitrogens with zero attached hydrogens (tertiary/aromatic N) is 1. The van der Waals surface area contributed by atoms with Crippen molar-refractivity contribution in [1.82, 2.24) is 4.90 Å². The fraction of sp³-hybridized carbons (Fsp3) is 0.476. The summed E-state index contributed by atoms with van der Waals surface area (Å²) in [6, 6.07) is 6.24. The van der Waals surface area contributed by atoms with E-state index in [-0.39, 0.29) is 28.4 Å². The lowest BCUT2D eigenvalue weighted by molar-refractivity contribution is -0.154. The number of nitrogens with one attached hydrogen (secondary N) is 1. The minimum absolute atomic E-state index is 0.0990. The number of hydrogen-bond donors (Lipinski definition) is 1. The first-order valence-corrected chi connectivity index (χ1v) is 10.8. The fourth-order valence-corrected chi connectivity index (χ4v) is 5.77. The predicted octanol–water partition coefficient (Wildman–Crippen LogP) is 1.84. The Hall–Kier alpha value is -2.45. The van der Waals surface area contributed by atoms with Crippen LogP contribution in [-0.2, 0) is 23.9 Å². The average molecular weight is 467 g/mol. The Morgan fingerprint density at radius 2 is 1.58 bits per heavy atom. The number of carbonyl (C=O) groups is 5. The van der Waals surface area contributed by atoms with Crippen molar-refractivity contribution < 1.29 is 28.7 Å². The van der Waals surface area contributed by atoms with Crippen LogP contribution in [0.1, 0.15) is 23.7 Å². The molecule has 3 aliphatic rings. The number of ether oxygens (including phenoxy) is 1. The maximum absolute atomic E-state index is 12.7. The Labute approximate surface area is 188 Å². The molecular weight excluding hydrogens is 447 g/mol. The van der Waals surface area contributed by atoms with Gasteiger partial charge in [-0.2, -0.15) is 0 Å². The average Bonchev–Trinajstić information content (AvgIpc) is 3.33. The van der Waals surface area contributed by atoms with Gasteiger partial charge in [-0.3, -0.25) is 28.9 Å². The van der Waals surface area contributed by atoms with Gasteiger partial charge in [0.1, 0.15) is 6.54 Å². The lowest BCUT2D eigenvalue weighted by Gasteiger charge is -2.28. The molecule has 31 heavy (non-hydrogen) atoms. The van der Waals surface area contributed by atoms with Gasteiger partial charge in [-0.15, -0.1) is 23.2 Å². The second kappa shape index (κ2) is 8.24. The summed E-state index contributed by atoms with van der Waals surface area (Å²) >= 11 is 12.6. The second-order valence-electron chi connectivity index (χ2n) is 8.11. The van der Waals surface area contributed by atoms with E-state index < -0.39 is 48.7 Å². The standard InChI is InChI=1S/C21H20Cl2N2O6/c1-9(26)10-2-4-11(5-3-10)24-14(27)8-31-15(28)7-25-20(29)16-12-6-13(17(16)21(25)30)19(23)18(12)22/h2-5,12-13,16-19H,6-8H2,1H3,(H,24,27)/t12-,13-,16-,17+,18+,19+/m1/s1. The van der Waals surface area contributed by atoms with Crippen molar-refractivity contribution in [3.8, 4) is 0 Å². The molecule has 0 aromatic heterocycles. The number of fused-ring (bicyclic) bond motifs is 5. The highest BCUT2D eigenvalue weighted by atomic mass is 35.5. The van der Waals surface area contributed by atoms with Crippen LogP contribution in [0.3, 0.4) is 0 Å². The van der Waals surface area contributed by atoms with Crippen molar-refractivity contribution in [1.29, 1.82) is 0 Å². The monoisotopic (exact) mass is 466 g/mol. The summed E-state index contributed by atoms with van der Waals surface area (Å²) in [6.45, 7) is 0.308. The summed E-state index contributed by atoms with van der Waals surface area (Å²) in [6.07, 6.45) is 0.640. The van der Waals surface area contributed by atoms with Gasteiger partial charge in [0.25, 0.3) is 5.91 Å². The fourth-order valence-electron chi connectivity index (χ4n) is 4.87. The van der Waals surface area contributed by atoms with Crippen LogP contribution in [0.4, 0.5) is 5.69 Å². The highest BCUT2D eigenvalue weighted by molar-refractivity contribution is 6.31. The van der Waals surface area contributed by atoms with Crippen molar-refractivity contribution >= 4 is 58.4 Å². The number of carbonyl (C=O) groups excluding carboxylic acids is 5. The number of Topliss-reactive ketones (excluding diaryl/α,β-unsaturated/α-hetero) is 1. The molecule has 1 saturated heterocycles. The van der Waals surface area contributed by atoms with Crippen molar-refractivity contribution in [3.63, 3.8) is 0 Å². The molecule has 2 aliphatic carbocycles. The zero-order valence-electron chi connectivity index (χ0n) is 16.5. The lowest BCUT2D eigenvalue weighted by atomic mass is 9.80. The summed E-state index contributed by atoms with van der Waals surface area (Å²) in [5.74, 6) is -3.82. The minimum Gasteiger partial charge on any atom is -0.454 e. The van der Waals surface area contributed by atoms with Crippen LogP contribution in [0.2, 0.25) is 0 Å². The Morgan fingerprint density at radius 1 is 1.03 bits per heavy atom. The van der Waals surface area contributed by atoms with Gasteiger partial charge in [0.05, 0.1) is 22.6 Å². The molecule has 1 aromatic rings. The van der Waals surface area contributed by atoms with E-state index in [1.807, 2.05) is 0 Å². The quantitative estimate of drug-likeness (QED) is 0.296. The number of benzene rings is 1. The summed E-state index contributed by atoms with van der Waals surface area (Å²) in [5.41, 5.74) is 0.939. The molecule has 1 heterocycles. The summed E-state index contributed by atoms with van der Waals surface area (Å²) in [5, 5.41) is 1.79. The van der Waals surface area contributed by atoms with Gasteiger partial charge in [0.2, 0.25) is 11.8 Å². The maximum atomic E-state index is 12.7. The van der Waals surface area contributed by atoms with Crippen LogP contribution in [-0.4, -0.2) is 58.3 Å². The van der Waals surface area contributed by atoms with Gasteiger partial charge >= 0.3 is 5.97 Å². The molecule has 6 atom stereocenters. The van der Waals surface area contributed by atoms with E-state index in [2.05, 4.69) is 5.32 Å². The topological polar surface area (TPSA) is 110 Å². The number of esters is 1. The first-order valence-electron chi connectivity index (χ1n) is 9.89. The molecule has 3 amide bonds. The summed E-state index contributed by atoms with van der Waals surface area (Å²) in [7, 11) is 0. The number of imide groups is 1. The largest absolute Gasteiger partial charge is 0.454 e. The van der Waals surface area contributed by atoms with E-state index in [4.69, 9.17) is 27.9 Å². The molecule has 164 valence electrons. The Balaban J connectivity index is 1.29. The molecule has 2 bridgehead atoms. The number of ketones is 1.